The lowest BCUT2D eigenvalue weighted by atomic mass is 10.1. The minimum absolute atomic E-state index is 0. The van der Waals surface area contributed by atoms with E-state index < -0.39 is 0 Å². The van der Waals surface area contributed by atoms with E-state index in [2.05, 4.69) is 94.8 Å². The zero-order chi connectivity index (χ0) is 16.1. The molecule has 2 aromatic rings. The molecule has 0 N–H and O–H groups in total. The third-order valence-corrected chi connectivity index (χ3v) is 5.83. The SMILES string of the molecule is CC1(CI)C[N+](Cc2ccccc2)=C(CCc2ccccc2)O1.[I-]. The summed E-state index contributed by atoms with van der Waals surface area (Å²) in [5.41, 5.74) is 2.64. The Morgan fingerprint density at radius 1 is 0.958 bits per heavy atom. The zero-order valence-electron chi connectivity index (χ0n) is 13.9. The van der Waals surface area contributed by atoms with Gasteiger partial charge in [-0.2, -0.15) is 4.58 Å². The van der Waals surface area contributed by atoms with Gasteiger partial charge in [-0.3, -0.25) is 0 Å². The van der Waals surface area contributed by atoms with E-state index in [1.807, 2.05) is 0 Å². The minimum Gasteiger partial charge on any atom is -1.00 e. The van der Waals surface area contributed by atoms with Gasteiger partial charge in [-0.05, 0) is 18.9 Å². The monoisotopic (exact) mass is 547 g/mol. The van der Waals surface area contributed by atoms with E-state index in [4.69, 9.17) is 4.74 Å². The summed E-state index contributed by atoms with van der Waals surface area (Å²) in [7, 11) is 0. The van der Waals surface area contributed by atoms with E-state index in [0.717, 1.165) is 36.3 Å². The average Bonchev–Trinajstić information content (AvgIpc) is 2.91. The van der Waals surface area contributed by atoms with Gasteiger partial charge in [-0.15, -0.1) is 0 Å². The van der Waals surface area contributed by atoms with Crippen molar-refractivity contribution < 1.29 is 33.3 Å². The molecular weight excluding hydrogens is 524 g/mol. The first kappa shape index (κ1) is 19.7. The molecule has 1 aliphatic heterocycles. The van der Waals surface area contributed by atoms with Gasteiger partial charge in [-0.25, -0.2) is 0 Å². The van der Waals surface area contributed by atoms with Crippen molar-refractivity contribution in [1.82, 2.24) is 0 Å². The van der Waals surface area contributed by atoms with Gasteiger partial charge in [0, 0.05) is 9.99 Å². The van der Waals surface area contributed by atoms with Crippen LogP contribution < -0.4 is 24.0 Å². The van der Waals surface area contributed by atoms with Crippen molar-refractivity contribution in [2.45, 2.75) is 31.9 Å². The molecule has 4 heteroatoms. The Kier molecular flexibility index (Phi) is 7.53. The molecular formula is C20H23I2NO. The van der Waals surface area contributed by atoms with Gasteiger partial charge >= 0.3 is 5.90 Å². The fourth-order valence-corrected chi connectivity index (χ4v) is 3.39. The molecule has 128 valence electrons. The Balaban J connectivity index is 0.00000208. The van der Waals surface area contributed by atoms with Gasteiger partial charge < -0.3 is 28.7 Å². The minimum atomic E-state index is -0.0681. The van der Waals surface area contributed by atoms with Crippen LogP contribution in [0.2, 0.25) is 0 Å². The standard InChI is InChI=1S/C20H23INO.HI/c1-20(15-21)16-22(14-18-10-6-3-7-11-18)19(23-20)13-12-17-8-4-2-5-9-17;/h2-11H,12-16H2,1H3;1H/q+1;/p-1. The summed E-state index contributed by atoms with van der Waals surface area (Å²) in [5, 5.41) is 0. The summed E-state index contributed by atoms with van der Waals surface area (Å²) in [6, 6.07) is 21.3. The molecule has 24 heavy (non-hydrogen) atoms. The topological polar surface area (TPSA) is 12.2 Å². The van der Waals surface area contributed by atoms with Crippen LogP contribution in [-0.2, 0) is 17.7 Å². The fraction of sp³-hybridized carbons (Fsp3) is 0.350. The van der Waals surface area contributed by atoms with E-state index in [-0.39, 0.29) is 29.6 Å². The van der Waals surface area contributed by atoms with Crippen LogP contribution >= 0.6 is 22.6 Å². The molecule has 0 fully saturated rings. The lowest BCUT2D eigenvalue weighted by Crippen LogP contribution is -3.00. The van der Waals surface area contributed by atoms with Gasteiger partial charge in [0.2, 0.25) is 0 Å². The van der Waals surface area contributed by atoms with Crippen LogP contribution in [0, 0.1) is 0 Å². The maximum atomic E-state index is 6.34. The number of rotatable bonds is 6. The quantitative estimate of drug-likeness (QED) is 0.304. The van der Waals surface area contributed by atoms with Gasteiger partial charge in [-0.1, -0.05) is 83.3 Å². The van der Waals surface area contributed by atoms with Crippen molar-refractivity contribution in [2.24, 2.45) is 0 Å². The summed E-state index contributed by atoms with van der Waals surface area (Å²) in [4.78, 5) is 0. The summed E-state index contributed by atoms with van der Waals surface area (Å²) in [6.07, 6.45) is 1.99. The van der Waals surface area contributed by atoms with Crippen LogP contribution in [0.4, 0.5) is 0 Å². The molecule has 0 saturated heterocycles. The first-order valence-corrected chi connectivity index (χ1v) is 9.65. The number of hydrogen-bond acceptors (Lipinski definition) is 1. The van der Waals surface area contributed by atoms with Crippen molar-refractivity contribution in [2.75, 3.05) is 11.0 Å². The van der Waals surface area contributed by atoms with Crippen LogP contribution in [0.3, 0.4) is 0 Å². The van der Waals surface area contributed by atoms with Gasteiger partial charge in [0.15, 0.2) is 18.7 Å². The van der Waals surface area contributed by atoms with E-state index in [1.54, 1.807) is 0 Å². The third kappa shape index (κ3) is 5.18. The second-order valence-corrected chi connectivity index (χ2v) is 7.17. The first-order chi connectivity index (χ1) is 11.2. The molecule has 0 spiro atoms. The predicted molar refractivity (Wildman–Crippen MR) is 103 cm³/mol. The van der Waals surface area contributed by atoms with Gasteiger partial charge in [0.1, 0.15) is 0 Å². The molecule has 3 rings (SSSR count). The Morgan fingerprint density at radius 3 is 2.12 bits per heavy atom. The number of hydrogen-bond donors (Lipinski definition) is 0. The van der Waals surface area contributed by atoms with Crippen LogP contribution in [0.1, 0.15) is 24.5 Å². The lowest BCUT2D eigenvalue weighted by Gasteiger charge is -2.16. The summed E-state index contributed by atoms with van der Waals surface area (Å²) < 4.78 is 9.76. The Bertz CT molecular complexity index is 673. The molecule has 0 bridgehead atoms. The molecule has 2 aromatic carbocycles. The third-order valence-electron chi connectivity index (χ3n) is 4.21. The molecule has 0 radical (unpaired) electrons. The lowest BCUT2D eigenvalue weighted by molar-refractivity contribution is -0.541. The number of halogens is 2. The first-order valence-electron chi connectivity index (χ1n) is 8.12. The highest BCUT2D eigenvalue weighted by Crippen LogP contribution is 2.24. The second-order valence-electron chi connectivity index (χ2n) is 6.41. The van der Waals surface area contributed by atoms with E-state index >= 15 is 0 Å². The Hall–Kier alpha value is -0.630. The molecule has 0 aliphatic carbocycles. The number of nitrogens with zero attached hydrogens (tertiary/aromatic N) is 1. The molecule has 0 amide bonds. The summed E-state index contributed by atoms with van der Waals surface area (Å²) >= 11 is 2.43. The van der Waals surface area contributed by atoms with Crippen molar-refractivity contribution >= 4 is 28.5 Å². The number of aryl methyl sites for hydroxylation is 1. The largest absolute Gasteiger partial charge is 1.00 e. The number of alkyl halides is 1. The van der Waals surface area contributed by atoms with Crippen LogP contribution in [0.15, 0.2) is 60.7 Å². The molecule has 1 unspecified atom stereocenters. The van der Waals surface area contributed by atoms with Crippen LogP contribution in [0.25, 0.3) is 0 Å². The molecule has 1 aliphatic rings. The number of benzene rings is 2. The average molecular weight is 547 g/mol. The van der Waals surface area contributed by atoms with Crippen molar-refractivity contribution in [1.29, 1.82) is 0 Å². The predicted octanol–water partition coefficient (Wildman–Crippen LogP) is 1.46. The maximum absolute atomic E-state index is 6.34. The highest BCUT2D eigenvalue weighted by Gasteiger charge is 2.41. The Labute approximate surface area is 175 Å². The van der Waals surface area contributed by atoms with Crippen molar-refractivity contribution in [3.8, 4) is 0 Å². The van der Waals surface area contributed by atoms with E-state index in [0.29, 0.717) is 0 Å². The van der Waals surface area contributed by atoms with E-state index in [1.165, 1.54) is 11.1 Å². The van der Waals surface area contributed by atoms with Crippen molar-refractivity contribution in [3.05, 3.63) is 71.8 Å². The van der Waals surface area contributed by atoms with Crippen molar-refractivity contribution in [3.63, 3.8) is 0 Å². The molecule has 0 aromatic heterocycles. The Morgan fingerprint density at radius 2 is 1.54 bits per heavy atom. The summed E-state index contributed by atoms with van der Waals surface area (Å²) in [6.45, 7) is 4.11. The molecule has 1 atom stereocenters. The van der Waals surface area contributed by atoms with Crippen LogP contribution in [0.5, 0.6) is 0 Å². The molecule has 2 nitrogen and oxygen atoms in total. The molecule has 0 saturated carbocycles. The highest BCUT2D eigenvalue weighted by molar-refractivity contribution is 14.1. The zero-order valence-corrected chi connectivity index (χ0v) is 18.2. The van der Waals surface area contributed by atoms with Gasteiger partial charge in [0.05, 0.1) is 6.42 Å². The normalized spacial score (nSPS) is 19.8. The number of ether oxygens (including phenoxy) is 1. The highest BCUT2D eigenvalue weighted by atomic mass is 127. The van der Waals surface area contributed by atoms with Crippen LogP contribution in [-0.4, -0.2) is 27.0 Å². The van der Waals surface area contributed by atoms with E-state index in [9.17, 15) is 0 Å². The smallest absolute Gasteiger partial charge is 0.337 e. The maximum Gasteiger partial charge on any atom is 0.337 e. The summed E-state index contributed by atoms with van der Waals surface area (Å²) in [5.74, 6) is 1.14. The fourth-order valence-electron chi connectivity index (χ4n) is 3.00. The molecule has 1 heterocycles. The van der Waals surface area contributed by atoms with Gasteiger partial charge in [0.25, 0.3) is 0 Å². The second kappa shape index (κ2) is 9.17.